The summed E-state index contributed by atoms with van der Waals surface area (Å²) in [7, 11) is 0. The molecule has 0 aliphatic carbocycles. The molecule has 0 atom stereocenters. The largest absolute Gasteiger partial charge is 0.465 e. The van der Waals surface area contributed by atoms with Gasteiger partial charge in [-0.05, 0) is 19.6 Å². The van der Waals surface area contributed by atoms with Gasteiger partial charge in [-0.25, -0.2) is 4.79 Å². The van der Waals surface area contributed by atoms with E-state index in [0.717, 1.165) is 23.2 Å². The number of thioether (sulfide) groups is 1. The number of nitrogens with two attached hydrogens (primary N) is 1. The third kappa shape index (κ3) is 11.5. The van der Waals surface area contributed by atoms with Gasteiger partial charge in [0.25, 0.3) is 0 Å². The Kier molecular flexibility index (Phi) is 12.1. The van der Waals surface area contributed by atoms with Crippen LogP contribution < -0.4 is 5.73 Å². The fourth-order valence-corrected chi connectivity index (χ4v) is 2.00. The Hall–Kier alpha value is -0.490. The quantitative estimate of drug-likeness (QED) is 0.736. The van der Waals surface area contributed by atoms with Crippen LogP contribution in [0.1, 0.15) is 20.8 Å². The van der Waals surface area contributed by atoms with Gasteiger partial charge in [0, 0.05) is 13.1 Å². The zero-order chi connectivity index (χ0) is 11.6. The third-order valence-electron chi connectivity index (χ3n) is 1.29. The van der Waals surface area contributed by atoms with Gasteiger partial charge in [-0.1, -0.05) is 30.9 Å². The summed E-state index contributed by atoms with van der Waals surface area (Å²) < 4.78 is 1.03. The second-order valence-electron chi connectivity index (χ2n) is 2.21. The first-order valence-electron chi connectivity index (χ1n) is 4.39. The second kappa shape index (κ2) is 10.6. The topological polar surface area (TPSA) is 66.6 Å². The number of carbonyl (C=O) groups is 1. The minimum Gasteiger partial charge on any atom is -0.465 e. The van der Waals surface area contributed by atoms with Crippen molar-refractivity contribution in [3.05, 3.63) is 0 Å². The first kappa shape index (κ1) is 16.0. The lowest BCUT2D eigenvalue weighted by molar-refractivity contribution is 0.205. The first-order chi connectivity index (χ1) is 6.49. The highest BCUT2D eigenvalue weighted by Crippen LogP contribution is 2.07. The molecule has 0 heterocycles. The summed E-state index contributed by atoms with van der Waals surface area (Å²) in [4.78, 5) is 11.0. The van der Waals surface area contributed by atoms with Crippen molar-refractivity contribution < 1.29 is 9.90 Å². The van der Waals surface area contributed by atoms with Gasteiger partial charge < -0.3 is 15.7 Å². The number of nitrogens with zero attached hydrogens (tertiary/aromatic N) is 1. The average molecular weight is 238 g/mol. The summed E-state index contributed by atoms with van der Waals surface area (Å²) >= 11 is 6.91. The Morgan fingerprint density at radius 2 is 1.79 bits per heavy atom. The molecule has 0 unspecified atom stereocenters. The van der Waals surface area contributed by atoms with E-state index in [-0.39, 0.29) is 0 Å². The van der Waals surface area contributed by atoms with Crippen LogP contribution in [0.5, 0.6) is 0 Å². The van der Waals surface area contributed by atoms with E-state index in [1.165, 1.54) is 0 Å². The van der Waals surface area contributed by atoms with Crippen molar-refractivity contribution in [1.29, 1.82) is 0 Å². The SMILES string of the molecule is CCSC(=S)N(CC)CC.NC(=O)O. The molecule has 14 heavy (non-hydrogen) atoms. The Balaban J connectivity index is 0. The normalized spacial score (nSPS) is 8.50. The zero-order valence-electron chi connectivity index (χ0n) is 8.82. The van der Waals surface area contributed by atoms with E-state index < -0.39 is 6.09 Å². The van der Waals surface area contributed by atoms with Crippen molar-refractivity contribution in [2.75, 3.05) is 18.8 Å². The van der Waals surface area contributed by atoms with Gasteiger partial charge in [-0.3, -0.25) is 0 Å². The molecule has 0 aliphatic heterocycles. The Labute approximate surface area is 94.8 Å². The van der Waals surface area contributed by atoms with Crippen molar-refractivity contribution >= 4 is 34.4 Å². The maximum absolute atomic E-state index is 8.78. The van der Waals surface area contributed by atoms with Gasteiger partial charge in [0.05, 0.1) is 0 Å². The van der Waals surface area contributed by atoms with Crippen molar-refractivity contribution in [2.45, 2.75) is 20.8 Å². The molecule has 84 valence electrons. The maximum Gasteiger partial charge on any atom is 0.402 e. The van der Waals surface area contributed by atoms with Crippen LogP contribution in [0.4, 0.5) is 4.79 Å². The molecule has 0 bridgehead atoms. The maximum atomic E-state index is 8.78. The summed E-state index contributed by atoms with van der Waals surface area (Å²) in [5, 5.41) is 7.19. The molecule has 0 aromatic carbocycles. The van der Waals surface area contributed by atoms with Crippen LogP contribution in [0.25, 0.3) is 0 Å². The number of amides is 1. The summed E-state index contributed by atoms with van der Waals surface area (Å²) in [5.41, 5.74) is 4.03. The van der Waals surface area contributed by atoms with Gasteiger partial charge in [0.15, 0.2) is 0 Å². The van der Waals surface area contributed by atoms with E-state index in [2.05, 4.69) is 31.4 Å². The average Bonchev–Trinajstić information content (AvgIpc) is 2.06. The lowest BCUT2D eigenvalue weighted by Crippen LogP contribution is -2.26. The monoisotopic (exact) mass is 238 g/mol. The smallest absolute Gasteiger partial charge is 0.402 e. The van der Waals surface area contributed by atoms with Crippen LogP contribution >= 0.6 is 24.0 Å². The number of thiocarbonyl (C=S) groups is 1. The van der Waals surface area contributed by atoms with Gasteiger partial charge in [0.2, 0.25) is 0 Å². The van der Waals surface area contributed by atoms with E-state index in [9.17, 15) is 0 Å². The number of hydrogen-bond acceptors (Lipinski definition) is 3. The molecule has 0 fully saturated rings. The number of carboxylic acid groups (broad SMARTS) is 1. The van der Waals surface area contributed by atoms with Crippen molar-refractivity contribution in [3.8, 4) is 0 Å². The fraction of sp³-hybridized carbons (Fsp3) is 0.750. The van der Waals surface area contributed by atoms with Gasteiger partial charge >= 0.3 is 6.09 Å². The van der Waals surface area contributed by atoms with Crippen LogP contribution in [-0.4, -0.2) is 39.3 Å². The predicted molar refractivity (Wildman–Crippen MR) is 65.9 cm³/mol. The summed E-state index contributed by atoms with van der Waals surface area (Å²) in [6.45, 7) is 8.45. The molecule has 0 aromatic heterocycles. The Morgan fingerprint density at radius 3 is 2.00 bits per heavy atom. The minimum absolute atomic E-state index is 1.03. The van der Waals surface area contributed by atoms with E-state index in [0.29, 0.717) is 0 Å². The number of hydrogen-bond donors (Lipinski definition) is 2. The lowest BCUT2D eigenvalue weighted by atomic mass is 10.6. The molecule has 3 N–H and O–H groups in total. The fourth-order valence-electron chi connectivity index (χ4n) is 0.697. The molecule has 0 saturated heterocycles. The van der Waals surface area contributed by atoms with E-state index in [1.54, 1.807) is 11.8 Å². The molecule has 6 heteroatoms. The van der Waals surface area contributed by atoms with Crippen LogP contribution in [-0.2, 0) is 0 Å². The molecular formula is C8H18N2O2S2. The number of rotatable bonds is 3. The van der Waals surface area contributed by atoms with Gasteiger partial charge in [-0.15, -0.1) is 0 Å². The summed E-state index contributed by atoms with van der Waals surface area (Å²) in [6.07, 6.45) is -1.33. The summed E-state index contributed by atoms with van der Waals surface area (Å²) in [5.74, 6) is 1.08. The lowest BCUT2D eigenvalue weighted by Gasteiger charge is -2.20. The Morgan fingerprint density at radius 1 is 1.43 bits per heavy atom. The minimum atomic E-state index is -1.33. The summed E-state index contributed by atoms with van der Waals surface area (Å²) in [6, 6.07) is 0. The van der Waals surface area contributed by atoms with Gasteiger partial charge in [0.1, 0.15) is 4.32 Å². The first-order valence-corrected chi connectivity index (χ1v) is 5.78. The van der Waals surface area contributed by atoms with Crippen molar-refractivity contribution in [3.63, 3.8) is 0 Å². The van der Waals surface area contributed by atoms with E-state index in [1.807, 2.05) is 0 Å². The molecule has 0 aliphatic rings. The van der Waals surface area contributed by atoms with Crippen molar-refractivity contribution in [1.82, 2.24) is 4.90 Å². The molecule has 0 rings (SSSR count). The second-order valence-corrected chi connectivity index (χ2v) is 4.11. The number of primary amides is 1. The molecule has 1 amide bonds. The van der Waals surface area contributed by atoms with Crippen LogP contribution in [0.15, 0.2) is 0 Å². The molecule has 0 aromatic rings. The highest BCUT2D eigenvalue weighted by molar-refractivity contribution is 8.22. The van der Waals surface area contributed by atoms with Crippen LogP contribution in [0, 0.1) is 0 Å². The molecule has 0 saturated carbocycles. The molecule has 0 spiro atoms. The standard InChI is InChI=1S/C7H15NS2.CH3NO2/c1-4-8(5-2)7(9)10-6-3;2-1(3)4/h4-6H2,1-3H3;2H2,(H,3,4). The molecule has 4 nitrogen and oxygen atoms in total. The third-order valence-corrected chi connectivity index (χ3v) is 2.70. The van der Waals surface area contributed by atoms with Crippen molar-refractivity contribution in [2.24, 2.45) is 5.73 Å². The van der Waals surface area contributed by atoms with Crippen LogP contribution in [0.2, 0.25) is 0 Å². The molecule has 0 radical (unpaired) electrons. The van der Waals surface area contributed by atoms with E-state index in [4.69, 9.17) is 22.1 Å². The van der Waals surface area contributed by atoms with Crippen LogP contribution in [0.3, 0.4) is 0 Å². The Bertz CT molecular complexity index is 169. The van der Waals surface area contributed by atoms with E-state index >= 15 is 0 Å². The predicted octanol–water partition coefficient (Wildman–Crippen LogP) is 1.99. The highest BCUT2D eigenvalue weighted by atomic mass is 32.2. The zero-order valence-corrected chi connectivity index (χ0v) is 10.5. The van der Waals surface area contributed by atoms with Gasteiger partial charge in [-0.2, -0.15) is 0 Å². The highest BCUT2D eigenvalue weighted by Gasteiger charge is 2.02. The molecular weight excluding hydrogens is 220 g/mol.